The van der Waals surface area contributed by atoms with E-state index >= 15 is 0 Å². The van der Waals surface area contributed by atoms with Crippen molar-refractivity contribution in [2.24, 2.45) is 5.73 Å². The molecular weight excluding hydrogens is 388 g/mol. The van der Waals surface area contributed by atoms with E-state index in [0.29, 0.717) is 46.2 Å². The lowest BCUT2D eigenvalue weighted by atomic mass is 9.87. The van der Waals surface area contributed by atoms with Gasteiger partial charge in [-0.3, -0.25) is 4.79 Å². The third-order valence-electron chi connectivity index (χ3n) is 4.36. The Kier molecular flexibility index (Phi) is 12.8. The summed E-state index contributed by atoms with van der Waals surface area (Å²) in [4.78, 5) is 11.3. The van der Waals surface area contributed by atoms with Crippen LogP contribution in [0.15, 0.2) is 0 Å². The van der Waals surface area contributed by atoms with Crippen LogP contribution in [0, 0.1) is 0 Å². The smallest absolute Gasteiger partial charge is 0.217 e. The van der Waals surface area contributed by atoms with Gasteiger partial charge in [0.05, 0.1) is 52.9 Å². The van der Waals surface area contributed by atoms with Crippen molar-refractivity contribution >= 4 is 5.91 Å². The van der Waals surface area contributed by atoms with Crippen LogP contribution >= 0.6 is 0 Å². The van der Waals surface area contributed by atoms with Gasteiger partial charge in [-0.1, -0.05) is 0 Å². The molecule has 29 heavy (non-hydrogen) atoms. The molecule has 1 saturated heterocycles. The van der Waals surface area contributed by atoms with Crippen LogP contribution in [0.4, 0.5) is 0 Å². The minimum atomic E-state index is -1.28. The summed E-state index contributed by atoms with van der Waals surface area (Å²) < 4.78 is 32.4. The maximum Gasteiger partial charge on any atom is 0.217 e. The summed E-state index contributed by atoms with van der Waals surface area (Å²) >= 11 is 0. The average Bonchev–Trinajstić information content (AvgIpc) is 2.69. The molecule has 5 N–H and O–H groups in total. The molecule has 0 unspecified atom stereocenters. The molecule has 0 aromatic carbocycles. The summed E-state index contributed by atoms with van der Waals surface area (Å²) in [7, 11) is 1.39. The lowest BCUT2D eigenvalue weighted by Gasteiger charge is -2.47. The molecule has 0 radical (unpaired) electrons. The molecule has 0 aromatic heterocycles. The number of ether oxygens (including phenoxy) is 6. The Bertz CT molecular complexity index is 455. The molecule has 0 aromatic rings. The van der Waals surface area contributed by atoms with Gasteiger partial charge in [0.2, 0.25) is 5.91 Å². The Balaban J connectivity index is 2.23. The fourth-order valence-corrected chi connectivity index (χ4v) is 2.85. The molecule has 1 aliphatic rings. The molecule has 1 aliphatic heterocycles. The quantitative estimate of drug-likeness (QED) is 0.217. The first-order valence-electron chi connectivity index (χ1n) is 9.70. The third-order valence-corrected chi connectivity index (χ3v) is 4.36. The van der Waals surface area contributed by atoms with E-state index in [-0.39, 0.29) is 19.1 Å². The molecule has 0 aliphatic carbocycles. The van der Waals surface area contributed by atoms with Crippen molar-refractivity contribution in [3.63, 3.8) is 0 Å². The second kappa shape index (κ2) is 14.2. The van der Waals surface area contributed by atoms with E-state index in [2.05, 4.69) is 5.32 Å². The summed E-state index contributed by atoms with van der Waals surface area (Å²) in [6.45, 7) is 6.39. The maximum atomic E-state index is 11.3. The molecule has 0 spiro atoms. The molecule has 5 atom stereocenters. The molecule has 11 nitrogen and oxygen atoms in total. The maximum absolute atomic E-state index is 11.3. The van der Waals surface area contributed by atoms with Gasteiger partial charge in [-0.15, -0.1) is 0 Å². The van der Waals surface area contributed by atoms with Gasteiger partial charge in [-0.05, 0) is 6.92 Å². The Hall–Kier alpha value is -0.890. The average molecular weight is 424 g/mol. The number of carbonyl (C=O) groups is 1. The van der Waals surface area contributed by atoms with Crippen molar-refractivity contribution < 1.29 is 43.4 Å². The van der Waals surface area contributed by atoms with Crippen molar-refractivity contribution in [2.45, 2.75) is 44.0 Å². The predicted octanol–water partition coefficient (Wildman–Crippen LogP) is -2.00. The van der Waals surface area contributed by atoms with Crippen molar-refractivity contribution in [3.8, 4) is 0 Å². The van der Waals surface area contributed by atoms with Crippen LogP contribution in [0.2, 0.25) is 0 Å². The lowest BCUT2D eigenvalue weighted by molar-refractivity contribution is -0.304. The highest BCUT2D eigenvalue weighted by Gasteiger charge is 2.52. The second-order valence-electron chi connectivity index (χ2n) is 6.87. The Morgan fingerprint density at radius 3 is 2.03 bits per heavy atom. The molecule has 0 saturated carbocycles. The molecule has 1 amide bonds. The van der Waals surface area contributed by atoms with E-state index in [1.807, 2.05) is 0 Å². The summed E-state index contributed by atoms with van der Waals surface area (Å²) in [5.41, 5.74) is 4.10. The van der Waals surface area contributed by atoms with Crippen molar-refractivity contribution in [2.75, 3.05) is 66.5 Å². The highest BCUT2D eigenvalue weighted by molar-refractivity contribution is 5.73. The minimum Gasteiger partial charge on any atom is -0.388 e. The SMILES string of the molecule is CO[C@H]1O[C@](C)(COCCOCCOCCOCCN)[C@H](O)[C@H](O)[C@H]1NC(C)=O. The van der Waals surface area contributed by atoms with E-state index in [4.69, 9.17) is 34.2 Å². The molecule has 11 heteroatoms. The Morgan fingerprint density at radius 2 is 1.55 bits per heavy atom. The first-order chi connectivity index (χ1) is 13.9. The van der Waals surface area contributed by atoms with E-state index in [9.17, 15) is 15.0 Å². The van der Waals surface area contributed by atoms with Crippen LogP contribution in [0.1, 0.15) is 13.8 Å². The van der Waals surface area contributed by atoms with Crippen LogP contribution in [0.25, 0.3) is 0 Å². The largest absolute Gasteiger partial charge is 0.388 e. The number of nitrogens with one attached hydrogen (secondary N) is 1. The highest BCUT2D eigenvalue weighted by Crippen LogP contribution is 2.30. The number of methoxy groups -OCH3 is 1. The molecular formula is C18H36N2O9. The molecule has 1 heterocycles. The molecule has 1 rings (SSSR count). The molecule has 1 fully saturated rings. The summed E-state index contributed by atoms with van der Waals surface area (Å²) in [5, 5.41) is 23.4. The number of carbonyl (C=O) groups excluding carboxylic acids is 1. The number of rotatable bonds is 15. The van der Waals surface area contributed by atoms with Crippen LogP contribution in [0.5, 0.6) is 0 Å². The molecule has 0 bridgehead atoms. The lowest BCUT2D eigenvalue weighted by Crippen LogP contribution is -2.69. The van der Waals surface area contributed by atoms with Gasteiger partial charge in [0, 0.05) is 20.6 Å². The van der Waals surface area contributed by atoms with Gasteiger partial charge in [-0.2, -0.15) is 0 Å². The zero-order chi connectivity index (χ0) is 21.7. The van der Waals surface area contributed by atoms with Crippen LogP contribution in [0.3, 0.4) is 0 Å². The first-order valence-corrected chi connectivity index (χ1v) is 9.70. The zero-order valence-electron chi connectivity index (χ0n) is 17.5. The van der Waals surface area contributed by atoms with Gasteiger partial charge in [0.1, 0.15) is 23.9 Å². The fraction of sp³-hybridized carbons (Fsp3) is 0.944. The van der Waals surface area contributed by atoms with Gasteiger partial charge in [0.15, 0.2) is 6.29 Å². The van der Waals surface area contributed by atoms with E-state index < -0.39 is 30.1 Å². The summed E-state index contributed by atoms with van der Waals surface area (Å²) in [5.74, 6) is -0.365. The third kappa shape index (κ3) is 9.20. The number of nitrogens with two attached hydrogens (primary N) is 1. The van der Waals surface area contributed by atoms with E-state index in [1.54, 1.807) is 6.92 Å². The number of aliphatic hydroxyl groups is 2. The van der Waals surface area contributed by atoms with E-state index in [0.717, 1.165) is 0 Å². The summed E-state index contributed by atoms with van der Waals surface area (Å²) in [6, 6.07) is -0.885. The topological polar surface area (TPSA) is 151 Å². The first kappa shape index (κ1) is 26.1. The van der Waals surface area contributed by atoms with Crippen LogP contribution < -0.4 is 11.1 Å². The monoisotopic (exact) mass is 424 g/mol. The van der Waals surface area contributed by atoms with Crippen LogP contribution in [-0.4, -0.2) is 113 Å². The Morgan fingerprint density at radius 1 is 1.03 bits per heavy atom. The number of amides is 1. The van der Waals surface area contributed by atoms with Crippen LogP contribution in [-0.2, 0) is 33.2 Å². The predicted molar refractivity (Wildman–Crippen MR) is 102 cm³/mol. The van der Waals surface area contributed by atoms with Crippen molar-refractivity contribution in [1.29, 1.82) is 0 Å². The van der Waals surface area contributed by atoms with Crippen molar-refractivity contribution in [1.82, 2.24) is 5.32 Å². The summed E-state index contributed by atoms with van der Waals surface area (Å²) in [6.07, 6.45) is -3.47. The number of hydrogen-bond donors (Lipinski definition) is 4. The number of aliphatic hydroxyl groups excluding tert-OH is 2. The number of hydrogen-bond acceptors (Lipinski definition) is 10. The standard InChI is InChI=1S/C18H36N2O9/c1-13(21)20-14-15(22)16(23)18(2,29-17(14)24-3)12-28-11-10-27-9-8-26-7-6-25-5-4-19/h14-17,22-23H,4-12,19H2,1-3H3,(H,20,21)/t14-,15-,16-,17+,18-/m1/s1. The minimum absolute atomic E-state index is 0.0101. The zero-order valence-corrected chi connectivity index (χ0v) is 17.5. The van der Waals surface area contributed by atoms with Gasteiger partial charge in [-0.25, -0.2) is 0 Å². The Labute approximate surface area is 171 Å². The van der Waals surface area contributed by atoms with Gasteiger partial charge in [0.25, 0.3) is 0 Å². The van der Waals surface area contributed by atoms with Crippen molar-refractivity contribution in [3.05, 3.63) is 0 Å². The second-order valence-corrected chi connectivity index (χ2v) is 6.87. The van der Waals surface area contributed by atoms with Gasteiger partial charge < -0.3 is 49.7 Å². The highest BCUT2D eigenvalue weighted by atomic mass is 16.7. The van der Waals surface area contributed by atoms with Gasteiger partial charge >= 0.3 is 0 Å². The normalized spacial score (nSPS) is 29.7. The van der Waals surface area contributed by atoms with E-state index in [1.165, 1.54) is 14.0 Å². The molecule has 172 valence electrons. The fourth-order valence-electron chi connectivity index (χ4n) is 2.85.